The van der Waals surface area contributed by atoms with E-state index in [1.165, 1.54) is 0 Å². The Morgan fingerprint density at radius 3 is 2.58 bits per heavy atom. The monoisotopic (exact) mass is 165 g/mol. The van der Waals surface area contributed by atoms with Crippen LogP contribution in [0.2, 0.25) is 0 Å². The first-order chi connectivity index (χ1) is 5.63. The highest BCUT2D eigenvalue weighted by Gasteiger charge is 2.13. The zero-order valence-corrected chi connectivity index (χ0v) is 7.49. The van der Waals surface area contributed by atoms with E-state index in [4.69, 9.17) is 11.5 Å². The highest BCUT2D eigenvalue weighted by molar-refractivity contribution is 5.44. The topological polar surface area (TPSA) is 64.9 Å². The van der Waals surface area contributed by atoms with Crippen molar-refractivity contribution >= 4 is 5.69 Å². The molecule has 2 unspecified atom stereocenters. The lowest BCUT2D eigenvalue weighted by atomic mass is 9.99. The van der Waals surface area contributed by atoms with E-state index >= 15 is 0 Å². The van der Waals surface area contributed by atoms with Crippen molar-refractivity contribution in [3.63, 3.8) is 0 Å². The third kappa shape index (κ3) is 1.74. The van der Waals surface area contributed by atoms with E-state index in [2.05, 4.69) is 4.98 Å². The lowest BCUT2D eigenvalue weighted by molar-refractivity contribution is 0.600. The molecule has 0 saturated heterocycles. The van der Waals surface area contributed by atoms with Crippen LogP contribution in [-0.4, -0.2) is 11.0 Å². The molecule has 12 heavy (non-hydrogen) atoms. The average Bonchev–Trinajstić information content (AvgIpc) is 2.04. The highest BCUT2D eigenvalue weighted by atomic mass is 14.8. The summed E-state index contributed by atoms with van der Waals surface area (Å²) in [5.41, 5.74) is 13.1. The van der Waals surface area contributed by atoms with Gasteiger partial charge in [-0.1, -0.05) is 6.92 Å². The van der Waals surface area contributed by atoms with Gasteiger partial charge in [-0.15, -0.1) is 0 Å². The van der Waals surface area contributed by atoms with Gasteiger partial charge in [0.25, 0.3) is 0 Å². The predicted octanol–water partition coefficient (Wildman–Crippen LogP) is 1.11. The molecule has 0 saturated carbocycles. The number of aromatic nitrogens is 1. The van der Waals surface area contributed by atoms with Crippen molar-refractivity contribution in [3.05, 3.63) is 24.0 Å². The molecule has 0 spiro atoms. The van der Waals surface area contributed by atoms with Crippen molar-refractivity contribution in [3.8, 4) is 0 Å². The van der Waals surface area contributed by atoms with Gasteiger partial charge < -0.3 is 11.5 Å². The van der Waals surface area contributed by atoms with Gasteiger partial charge in [0.15, 0.2) is 0 Å². The Labute approximate surface area is 72.8 Å². The van der Waals surface area contributed by atoms with E-state index in [-0.39, 0.29) is 12.0 Å². The van der Waals surface area contributed by atoms with Gasteiger partial charge in [0.05, 0.1) is 11.4 Å². The summed E-state index contributed by atoms with van der Waals surface area (Å²) in [6.45, 7) is 3.99. The number of anilines is 1. The summed E-state index contributed by atoms with van der Waals surface area (Å²) in [5.74, 6) is 0.214. The summed E-state index contributed by atoms with van der Waals surface area (Å²) < 4.78 is 0. The van der Waals surface area contributed by atoms with E-state index in [0.29, 0.717) is 0 Å². The van der Waals surface area contributed by atoms with Crippen molar-refractivity contribution in [2.45, 2.75) is 25.8 Å². The lowest BCUT2D eigenvalue weighted by Gasteiger charge is -2.16. The summed E-state index contributed by atoms with van der Waals surface area (Å²) in [4.78, 5) is 4.19. The second-order valence-corrected chi connectivity index (χ2v) is 3.13. The fourth-order valence-corrected chi connectivity index (χ4v) is 1.06. The third-order valence-corrected chi connectivity index (χ3v) is 2.09. The maximum Gasteiger partial charge on any atom is 0.0675 e. The van der Waals surface area contributed by atoms with Crippen molar-refractivity contribution < 1.29 is 0 Å². The summed E-state index contributed by atoms with van der Waals surface area (Å²) in [6, 6.07) is 3.76. The molecule has 0 aliphatic carbocycles. The first-order valence-corrected chi connectivity index (χ1v) is 4.09. The minimum absolute atomic E-state index is 0.0854. The molecule has 0 aromatic carbocycles. The standard InChI is InChI=1S/C9H15N3/c1-6(7(2)10)9-8(11)4-3-5-12-9/h3-7H,10-11H2,1-2H3. The van der Waals surface area contributed by atoms with E-state index < -0.39 is 0 Å². The van der Waals surface area contributed by atoms with Crippen molar-refractivity contribution in [2.24, 2.45) is 5.73 Å². The molecule has 0 amide bonds. The molecule has 0 bridgehead atoms. The van der Waals surface area contributed by atoms with E-state index in [9.17, 15) is 0 Å². The second kappa shape index (κ2) is 3.54. The molecule has 1 heterocycles. The molecule has 0 fully saturated rings. The van der Waals surface area contributed by atoms with Gasteiger partial charge in [0.2, 0.25) is 0 Å². The molecular weight excluding hydrogens is 150 g/mol. The zero-order chi connectivity index (χ0) is 9.14. The maximum atomic E-state index is 5.74. The summed E-state index contributed by atoms with van der Waals surface area (Å²) in [5, 5.41) is 0. The van der Waals surface area contributed by atoms with Crippen molar-refractivity contribution in [1.82, 2.24) is 4.98 Å². The van der Waals surface area contributed by atoms with Crippen LogP contribution in [0, 0.1) is 0 Å². The van der Waals surface area contributed by atoms with Gasteiger partial charge in [-0.2, -0.15) is 0 Å². The molecule has 66 valence electrons. The Morgan fingerprint density at radius 1 is 1.42 bits per heavy atom. The normalized spacial score (nSPS) is 15.6. The highest BCUT2D eigenvalue weighted by Crippen LogP contribution is 2.20. The third-order valence-electron chi connectivity index (χ3n) is 2.09. The van der Waals surface area contributed by atoms with Gasteiger partial charge in [0, 0.05) is 18.2 Å². The van der Waals surface area contributed by atoms with Crippen LogP contribution in [0.5, 0.6) is 0 Å². The first-order valence-electron chi connectivity index (χ1n) is 4.09. The molecule has 1 rings (SSSR count). The largest absolute Gasteiger partial charge is 0.397 e. The van der Waals surface area contributed by atoms with Gasteiger partial charge in [0.1, 0.15) is 0 Å². The van der Waals surface area contributed by atoms with Gasteiger partial charge in [-0.3, -0.25) is 4.98 Å². The van der Waals surface area contributed by atoms with Gasteiger partial charge >= 0.3 is 0 Å². The Bertz CT molecular complexity index is 258. The van der Waals surface area contributed by atoms with E-state index in [0.717, 1.165) is 11.4 Å². The van der Waals surface area contributed by atoms with Crippen molar-refractivity contribution in [2.75, 3.05) is 5.73 Å². The summed E-state index contributed by atoms with van der Waals surface area (Å²) in [7, 11) is 0. The zero-order valence-electron chi connectivity index (χ0n) is 7.49. The number of hydrogen-bond acceptors (Lipinski definition) is 3. The number of nitrogen functional groups attached to an aromatic ring is 1. The van der Waals surface area contributed by atoms with Crippen LogP contribution < -0.4 is 11.5 Å². The van der Waals surface area contributed by atoms with Gasteiger partial charge in [-0.25, -0.2) is 0 Å². The summed E-state index contributed by atoms with van der Waals surface area (Å²) in [6.07, 6.45) is 1.74. The quantitative estimate of drug-likeness (QED) is 0.690. The molecule has 0 radical (unpaired) electrons. The molecule has 3 heteroatoms. The second-order valence-electron chi connectivity index (χ2n) is 3.13. The Kier molecular flexibility index (Phi) is 2.65. The van der Waals surface area contributed by atoms with Gasteiger partial charge in [-0.05, 0) is 19.1 Å². The van der Waals surface area contributed by atoms with Crippen LogP contribution in [-0.2, 0) is 0 Å². The minimum Gasteiger partial charge on any atom is -0.397 e. The summed E-state index contributed by atoms with van der Waals surface area (Å²) >= 11 is 0. The number of nitrogens with zero attached hydrogens (tertiary/aromatic N) is 1. The van der Waals surface area contributed by atoms with E-state index in [1.54, 1.807) is 6.20 Å². The molecule has 0 aliphatic heterocycles. The SMILES string of the molecule is CC(N)C(C)c1ncccc1N. The molecule has 1 aromatic heterocycles. The average molecular weight is 165 g/mol. The Morgan fingerprint density at radius 2 is 2.08 bits per heavy atom. The van der Waals surface area contributed by atoms with Crippen LogP contribution in [0.1, 0.15) is 25.5 Å². The van der Waals surface area contributed by atoms with Crippen molar-refractivity contribution in [1.29, 1.82) is 0 Å². The fraction of sp³-hybridized carbons (Fsp3) is 0.444. The number of pyridine rings is 1. The molecule has 0 aliphatic rings. The molecule has 2 atom stereocenters. The Hall–Kier alpha value is -1.09. The maximum absolute atomic E-state index is 5.74. The molecular formula is C9H15N3. The first kappa shape index (κ1) is 9.00. The smallest absolute Gasteiger partial charge is 0.0675 e. The van der Waals surface area contributed by atoms with Crippen LogP contribution in [0.4, 0.5) is 5.69 Å². The predicted molar refractivity (Wildman–Crippen MR) is 50.7 cm³/mol. The minimum atomic E-state index is 0.0854. The lowest BCUT2D eigenvalue weighted by Crippen LogP contribution is -2.23. The number of nitrogens with two attached hydrogens (primary N) is 2. The fourth-order valence-electron chi connectivity index (χ4n) is 1.06. The van der Waals surface area contributed by atoms with Crippen LogP contribution in [0.25, 0.3) is 0 Å². The van der Waals surface area contributed by atoms with E-state index in [1.807, 2.05) is 26.0 Å². The molecule has 1 aromatic rings. The molecule has 3 nitrogen and oxygen atoms in total. The van der Waals surface area contributed by atoms with Crippen LogP contribution in [0.3, 0.4) is 0 Å². The number of hydrogen-bond donors (Lipinski definition) is 2. The number of rotatable bonds is 2. The van der Waals surface area contributed by atoms with Crippen LogP contribution >= 0.6 is 0 Å². The Balaban J connectivity index is 2.94. The molecule has 4 N–H and O–H groups in total. The van der Waals surface area contributed by atoms with Crippen LogP contribution in [0.15, 0.2) is 18.3 Å².